The van der Waals surface area contributed by atoms with Gasteiger partial charge >= 0.3 is 6.09 Å². The molecule has 29 heavy (non-hydrogen) atoms. The van der Waals surface area contributed by atoms with Gasteiger partial charge in [0, 0.05) is 42.2 Å². The molecule has 152 valence electrons. The number of nitrogens with one attached hydrogen (secondary N) is 2. The predicted octanol–water partition coefficient (Wildman–Crippen LogP) is 2.41. The Hall–Kier alpha value is -3.90. The maximum Gasteiger partial charge on any atom is 0.404 e. The van der Waals surface area contributed by atoms with Gasteiger partial charge in [-0.3, -0.25) is 4.68 Å². The second kappa shape index (κ2) is 8.41. The van der Waals surface area contributed by atoms with E-state index in [1.807, 2.05) is 0 Å². The minimum absolute atomic E-state index is 0.0302. The van der Waals surface area contributed by atoms with E-state index in [4.69, 9.17) is 10.8 Å². The third-order valence-electron chi connectivity index (χ3n) is 3.63. The highest BCUT2D eigenvalue weighted by molar-refractivity contribution is 5.65. The van der Waals surface area contributed by atoms with Crippen LogP contribution in [0.5, 0.6) is 0 Å². The molecule has 0 saturated heterocycles. The van der Waals surface area contributed by atoms with E-state index in [0.29, 0.717) is 5.56 Å². The molecular weight excluding hydrogens is 393 g/mol. The number of anilines is 3. The van der Waals surface area contributed by atoms with E-state index in [9.17, 15) is 18.0 Å². The van der Waals surface area contributed by atoms with Gasteiger partial charge in [0.05, 0.1) is 12.7 Å². The maximum atomic E-state index is 14.5. The number of halogens is 3. The highest BCUT2D eigenvalue weighted by atomic mass is 19.3. The molecule has 10 nitrogen and oxygen atoms in total. The second-order valence-electron chi connectivity index (χ2n) is 5.74. The Kier molecular flexibility index (Phi) is 5.76. The Morgan fingerprint density at radius 1 is 1.24 bits per heavy atom. The monoisotopic (exact) mass is 408 g/mol. The fourth-order valence-electron chi connectivity index (χ4n) is 2.39. The van der Waals surface area contributed by atoms with Crippen LogP contribution in [0, 0.1) is 5.82 Å². The molecule has 3 aromatic rings. The van der Waals surface area contributed by atoms with E-state index in [-0.39, 0.29) is 36.1 Å². The van der Waals surface area contributed by atoms with Crippen LogP contribution in [0.3, 0.4) is 0 Å². The summed E-state index contributed by atoms with van der Waals surface area (Å²) in [5.41, 5.74) is 6.06. The molecule has 5 N–H and O–H groups in total. The van der Waals surface area contributed by atoms with Crippen molar-refractivity contribution in [2.45, 2.75) is 13.0 Å². The highest BCUT2D eigenvalue weighted by Crippen LogP contribution is 2.25. The predicted molar refractivity (Wildman–Crippen MR) is 96.1 cm³/mol. The van der Waals surface area contributed by atoms with Crippen LogP contribution in [-0.2, 0) is 6.54 Å². The van der Waals surface area contributed by atoms with Gasteiger partial charge in [-0.25, -0.2) is 32.9 Å². The zero-order valence-electron chi connectivity index (χ0n) is 14.7. The van der Waals surface area contributed by atoms with Crippen molar-refractivity contribution < 1.29 is 23.1 Å². The van der Waals surface area contributed by atoms with Crippen LogP contribution in [0.1, 0.15) is 12.2 Å². The molecule has 3 heterocycles. The zero-order chi connectivity index (χ0) is 21.0. The van der Waals surface area contributed by atoms with Gasteiger partial charge in [0.15, 0.2) is 5.82 Å². The molecule has 3 aromatic heterocycles. The van der Waals surface area contributed by atoms with Crippen LogP contribution in [0.2, 0.25) is 0 Å². The standard InChI is InChI=1S/C16H15F3N8O2/c17-10-3-12(25-13-4-11(20)24-15(26-13)14(18)19)22-6-9(10)8-5-23-27(7-8)2-1-21-16(28)29/h3-7,14,21H,1-2H2,(H,28,29)(H3,20,22,24,25,26). The Morgan fingerprint density at radius 3 is 2.72 bits per heavy atom. The molecule has 3 rings (SSSR count). The van der Waals surface area contributed by atoms with E-state index >= 15 is 0 Å². The van der Waals surface area contributed by atoms with Gasteiger partial charge in [-0.2, -0.15) is 5.10 Å². The van der Waals surface area contributed by atoms with E-state index in [1.165, 1.54) is 29.3 Å². The number of carbonyl (C=O) groups is 1. The third kappa shape index (κ3) is 5.09. The van der Waals surface area contributed by atoms with E-state index < -0.39 is 24.2 Å². The molecule has 0 aromatic carbocycles. The molecule has 0 aliphatic rings. The Morgan fingerprint density at radius 2 is 2.03 bits per heavy atom. The quantitative estimate of drug-likeness (QED) is 0.467. The van der Waals surface area contributed by atoms with E-state index in [1.54, 1.807) is 0 Å². The van der Waals surface area contributed by atoms with Gasteiger partial charge < -0.3 is 21.5 Å². The second-order valence-corrected chi connectivity index (χ2v) is 5.74. The summed E-state index contributed by atoms with van der Waals surface area (Å²) in [7, 11) is 0. The van der Waals surface area contributed by atoms with Crippen molar-refractivity contribution in [1.29, 1.82) is 0 Å². The summed E-state index contributed by atoms with van der Waals surface area (Å²) in [6.07, 6.45) is 0.132. The summed E-state index contributed by atoms with van der Waals surface area (Å²) >= 11 is 0. The summed E-state index contributed by atoms with van der Waals surface area (Å²) < 4.78 is 41.5. The fourth-order valence-corrected chi connectivity index (χ4v) is 2.39. The molecule has 0 saturated carbocycles. The van der Waals surface area contributed by atoms with Crippen LogP contribution in [0.25, 0.3) is 11.1 Å². The number of amides is 1. The van der Waals surface area contributed by atoms with Crippen LogP contribution in [0.4, 0.5) is 35.4 Å². The number of aromatic nitrogens is 5. The van der Waals surface area contributed by atoms with Gasteiger partial charge in [-0.1, -0.05) is 0 Å². The first-order valence-corrected chi connectivity index (χ1v) is 8.16. The van der Waals surface area contributed by atoms with Gasteiger partial charge in [0.1, 0.15) is 23.3 Å². The van der Waals surface area contributed by atoms with Crippen molar-refractivity contribution in [2.24, 2.45) is 0 Å². The lowest BCUT2D eigenvalue weighted by molar-refractivity contribution is 0.140. The fraction of sp³-hybridized carbons (Fsp3) is 0.188. The summed E-state index contributed by atoms with van der Waals surface area (Å²) in [5, 5.41) is 17.4. The molecule has 0 atom stereocenters. The molecule has 0 aliphatic carbocycles. The van der Waals surface area contributed by atoms with Gasteiger partial charge in [-0.15, -0.1) is 0 Å². The summed E-state index contributed by atoms with van der Waals surface area (Å²) in [5.74, 6) is -1.58. The number of nitrogen functional groups attached to an aromatic ring is 1. The molecule has 0 radical (unpaired) electrons. The van der Waals surface area contributed by atoms with Gasteiger partial charge in [0.2, 0.25) is 0 Å². The zero-order valence-corrected chi connectivity index (χ0v) is 14.7. The van der Waals surface area contributed by atoms with Crippen molar-refractivity contribution in [3.8, 4) is 11.1 Å². The lowest BCUT2D eigenvalue weighted by Crippen LogP contribution is -2.25. The van der Waals surface area contributed by atoms with E-state index in [2.05, 4.69) is 30.7 Å². The largest absolute Gasteiger partial charge is 0.465 e. The average molecular weight is 408 g/mol. The summed E-state index contributed by atoms with van der Waals surface area (Å²) in [6, 6.07) is 2.29. The number of carboxylic acid groups (broad SMARTS) is 1. The summed E-state index contributed by atoms with van der Waals surface area (Å²) in [6.45, 7) is 0.408. The van der Waals surface area contributed by atoms with Crippen LogP contribution < -0.4 is 16.4 Å². The first kappa shape index (κ1) is 19.9. The molecule has 13 heteroatoms. The van der Waals surface area contributed by atoms with Crippen molar-refractivity contribution in [2.75, 3.05) is 17.6 Å². The smallest absolute Gasteiger partial charge is 0.404 e. The van der Waals surface area contributed by atoms with E-state index in [0.717, 1.165) is 6.07 Å². The van der Waals surface area contributed by atoms with Crippen molar-refractivity contribution in [1.82, 2.24) is 30.0 Å². The number of nitrogens with zero attached hydrogens (tertiary/aromatic N) is 5. The molecular formula is C16H15F3N8O2. The Bertz CT molecular complexity index is 1030. The molecule has 0 bridgehead atoms. The van der Waals surface area contributed by atoms with Gasteiger partial charge in [-0.05, 0) is 0 Å². The number of hydrogen-bond donors (Lipinski definition) is 4. The maximum absolute atomic E-state index is 14.5. The number of rotatable bonds is 7. The number of alkyl halides is 2. The SMILES string of the molecule is Nc1cc(Nc2cc(F)c(-c3cnn(CCNC(=O)O)c3)cn2)nc(C(F)F)n1. The van der Waals surface area contributed by atoms with Gasteiger partial charge in [0.25, 0.3) is 6.43 Å². The Labute approximate surface area is 161 Å². The molecule has 1 amide bonds. The normalized spacial score (nSPS) is 10.9. The highest BCUT2D eigenvalue weighted by Gasteiger charge is 2.14. The minimum atomic E-state index is -2.91. The molecule has 0 aliphatic heterocycles. The lowest BCUT2D eigenvalue weighted by Gasteiger charge is -2.08. The number of hydrogen-bond acceptors (Lipinski definition) is 7. The van der Waals surface area contributed by atoms with Crippen molar-refractivity contribution >= 4 is 23.5 Å². The first-order chi connectivity index (χ1) is 13.8. The minimum Gasteiger partial charge on any atom is -0.465 e. The molecule has 0 unspecified atom stereocenters. The number of pyridine rings is 1. The van der Waals surface area contributed by atoms with Crippen molar-refractivity contribution in [3.63, 3.8) is 0 Å². The van der Waals surface area contributed by atoms with Crippen LogP contribution in [0.15, 0.2) is 30.7 Å². The number of nitrogens with two attached hydrogens (primary N) is 1. The summed E-state index contributed by atoms with van der Waals surface area (Å²) in [4.78, 5) is 21.5. The van der Waals surface area contributed by atoms with Crippen molar-refractivity contribution in [3.05, 3.63) is 42.4 Å². The molecule has 0 fully saturated rings. The van der Waals surface area contributed by atoms with Crippen LogP contribution in [-0.4, -0.2) is 42.5 Å². The Balaban J connectivity index is 1.74. The first-order valence-electron chi connectivity index (χ1n) is 8.16. The lowest BCUT2D eigenvalue weighted by atomic mass is 10.1. The van der Waals surface area contributed by atoms with Crippen LogP contribution >= 0.6 is 0 Å². The molecule has 0 spiro atoms. The third-order valence-corrected chi connectivity index (χ3v) is 3.63. The average Bonchev–Trinajstić information content (AvgIpc) is 3.09. The topological polar surface area (TPSA) is 144 Å².